The van der Waals surface area contributed by atoms with E-state index in [0.717, 1.165) is 16.3 Å². The van der Waals surface area contributed by atoms with Gasteiger partial charge in [0.15, 0.2) is 10.7 Å². The number of rotatable bonds is 5. The highest BCUT2D eigenvalue weighted by atomic mass is 32.1. The Morgan fingerprint density at radius 1 is 1.00 bits per heavy atom. The Morgan fingerprint density at radius 2 is 1.66 bits per heavy atom. The van der Waals surface area contributed by atoms with E-state index in [4.69, 9.17) is 0 Å². The van der Waals surface area contributed by atoms with Crippen LogP contribution in [0.5, 0.6) is 0 Å². The zero-order valence-electron chi connectivity index (χ0n) is 16.5. The second-order valence-electron chi connectivity index (χ2n) is 7.04. The summed E-state index contributed by atoms with van der Waals surface area (Å²) in [5.41, 5.74) is 3.27. The lowest BCUT2D eigenvalue weighted by Crippen LogP contribution is -2.28. The van der Waals surface area contributed by atoms with Crippen LogP contribution in [-0.4, -0.2) is 33.0 Å². The molecule has 0 aliphatic rings. The lowest BCUT2D eigenvalue weighted by Gasteiger charge is -2.19. The number of carbonyl (C=O) groups excluding carboxylic acids is 2. The van der Waals surface area contributed by atoms with Crippen molar-refractivity contribution >= 4 is 28.0 Å². The van der Waals surface area contributed by atoms with Crippen LogP contribution in [-0.2, 0) is 6.54 Å². The number of thiazole rings is 1. The molecule has 2 aromatic heterocycles. The Labute approximate surface area is 173 Å². The number of hydrogen-bond donors (Lipinski definition) is 0. The number of imidazole rings is 1. The zero-order chi connectivity index (χ0) is 20.5. The van der Waals surface area contributed by atoms with Gasteiger partial charge in [-0.15, -0.1) is 11.3 Å². The number of benzene rings is 2. The number of aromatic nitrogens is 2. The number of amides is 1. The highest BCUT2D eigenvalue weighted by molar-refractivity contribution is 7.17. The molecule has 1 amide bonds. The van der Waals surface area contributed by atoms with E-state index in [2.05, 4.69) is 4.98 Å². The average molecular weight is 404 g/mol. The van der Waals surface area contributed by atoms with Crippen molar-refractivity contribution in [1.29, 1.82) is 0 Å². The second kappa shape index (κ2) is 7.64. The van der Waals surface area contributed by atoms with Crippen LogP contribution in [0.25, 0.3) is 4.96 Å². The third-order valence-electron chi connectivity index (χ3n) is 4.91. The Balaban J connectivity index is 1.64. The van der Waals surface area contributed by atoms with Crippen molar-refractivity contribution in [1.82, 2.24) is 14.3 Å². The van der Waals surface area contributed by atoms with Crippen LogP contribution in [0, 0.1) is 13.8 Å². The minimum Gasteiger partial charge on any atom is -0.336 e. The Morgan fingerprint density at radius 3 is 2.38 bits per heavy atom. The molecule has 0 atom stereocenters. The summed E-state index contributed by atoms with van der Waals surface area (Å²) in [5.74, 6) is -0.342. The third-order valence-corrected chi connectivity index (χ3v) is 5.81. The number of nitrogens with zero attached hydrogens (tertiary/aromatic N) is 3. The quantitative estimate of drug-likeness (QED) is 0.461. The molecular weight excluding hydrogens is 382 g/mol. The van der Waals surface area contributed by atoms with Gasteiger partial charge in [-0.25, -0.2) is 4.98 Å². The summed E-state index contributed by atoms with van der Waals surface area (Å²) < 4.78 is 2.04. The van der Waals surface area contributed by atoms with E-state index < -0.39 is 0 Å². The molecule has 0 spiro atoms. The van der Waals surface area contributed by atoms with Crippen LogP contribution in [0.15, 0.2) is 60.8 Å². The molecule has 0 saturated heterocycles. The van der Waals surface area contributed by atoms with Gasteiger partial charge in [-0.2, -0.15) is 0 Å². The van der Waals surface area contributed by atoms with E-state index in [-0.39, 0.29) is 11.7 Å². The number of carbonyl (C=O) groups is 2. The topological polar surface area (TPSA) is 54.7 Å². The van der Waals surface area contributed by atoms with Gasteiger partial charge < -0.3 is 4.90 Å². The molecule has 2 aromatic carbocycles. The Kier molecular flexibility index (Phi) is 5.03. The lowest BCUT2D eigenvalue weighted by atomic mass is 9.97. The monoisotopic (exact) mass is 403 g/mol. The molecule has 146 valence electrons. The fourth-order valence-electron chi connectivity index (χ4n) is 3.41. The molecule has 0 aliphatic heterocycles. The minimum atomic E-state index is -0.189. The van der Waals surface area contributed by atoms with Gasteiger partial charge in [-0.05, 0) is 19.9 Å². The molecule has 0 bridgehead atoms. The third kappa shape index (κ3) is 3.59. The molecule has 6 heteroatoms. The second-order valence-corrected chi connectivity index (χ2v) is 8.25. The van der Waals surface area contributed by atoms with Crippen molar-refractivity contribution in [2.24, 2.45) is 0 Å². The summed E-state index contributed by atoms with van der Waals surface area (Å²) in [7, 11) is 1.75. The van der Waals surface area contributed by atoms with Crippen molar-refractivity contribution in [3.05, 3.63) is 93.7 Å². The van der Waals surface area contributed by atoms with Crippen molar-refractivity contribution < 1.29 is 9.59 Å². The van der Waals surface area contributed by atoms with Crippen molar-refractivity contribution in [2.75, 3.05) is 7.05 Å². The molecule has 0 radical (unpaired) electrons. The largest absolute Gasteiger partial charge is 0.336 e. The molecule has 2 heterocycles. The molecule has 0 saturated carbocycles. The molecule has 0 fully saturated rings. The summed E-state index contributed by atoms with van der Waals surface area (Å²) in [6.07, 6.45) is 2.04. The van der Waals surface area contributed by atoms with Crippen LogP contribution in [0.3, 0.4) is 0 Å². The summed E-state index contributed by atoms with van der Waals surface area (Å²) in [6.45, 7) is 4.41. The number of hydrogen-bond acceptors (Lipinski definition) is 4. The summed E-state index contributed by atoms with van der Waals surface area (Å²) in [6, 6.07) is 16.0. The normalized spacial score (nSPS) is 11.0. The highest BCUT2D eigenvalue weighted by Crippen LogP contribution is 2.23. The van der Waals surface area contributed by atoms with Gasteiger partial charge in [0.1, 0.15) is 0 Å². The fraction of sp³-hybridized carbons (Fsp3) is 0.174. The standard InChI is InChI=1S/C23H21N3O2S/c1-15-13-26-20(16(2)24-23(26)29-15)14-25(3)22(28)19-12-8-7-11-18(19)21(27)17-9-5-4-6-10-17/h4-13H,14H2,1-3H3. The first kappa shape index (κ1) is 19.1. The smallest absolute Gasteiger partial charge is 0.254 e. The maximum absolute atomic E-state index is 13.2. The summed E-state index contributed by atoms with van der Waals surface area (Å²) in [5, 5.41) is 0. The first-order valence-electron chi connectivity index (χ1n) is 9.34. The number of ketones is 1. The molecule has 4 rings (SSSR count). The Hall–Kier alpha value is -3.25. The van der Waals surface area contributed by atoms with E-state index in [0.29, 0.717) is 23.2 Å². The number of fused-ring (bicyclic) bond motifs is 1. The van der Waals surface area contributed by atoms with Gasteiger partial charge in [0, 0.05) is 29.2 Å². The van der Waals surface area contributed by atoms with Crippen LogP contribution in [0.2, 0.25) is 0 Å². The van der Waals surface area contributed by atoms with E-state index >= 15 is 0 Å². The van der Waals surface area contributed by atoms with Crippen LogP contribution >= 0.6 is 11.3 Å². The lowest BCUT2D eigenvalue weighted by molar-refractivity contribution is 0.0778. The van der Waals surface area contributed by atoms with Crippen molar-refractivity contribution in [3.63, 3.8) is 0 Å². The van der Waals surface area contributed by atoms with E-state index in [1.165, 1.54) is 4.88 Å². The maximum Gasteiger partial charge on any atom is 0.254 e. The predicted molar refractivity (Wildman–Crippen MR) is 115 cm³/mol. The molecule has 29 heavy (non-hydrogen) atoms. The maximum atomic E-state index is 13.2. The summed E-state index contributed by atoms with van der Waals surface area (Å²) in [4.78, 5) is 34.5. The van der Waals surface area contributed by atoms with Gasteiger partial charge in [0.25, 0.3) is 5.91 Å². The first-order valence-corrected chi connectivity index (χ1v) is 10.2. The molecule has 0 aliphatic carbocycles. The molecule has 5 nitrogen and oxygen atoms in total. The van der Waals surface area contributed by atoms with Crippen LogP contribution in [0.4, 0.5) is 0 Å². The van der Waals surface area contributed by atoms with E-state index in [9.17, 15) is 9.59 Å². The van der Waals surface area contributed by atoms with Gasteiger partial charge in [-0.1, -0.05) is 48.5 Å². The predicted octanol–water partition coefficient (Wildman–Crippen LogP) is 4.52. The molecule has 0 unspecified atom stereocenters. The van der Waals surface area contributed by atoms with Gasteiger partial charge in [0.2, 0.25) is 0 Å². The van der Waals surface area contributed by atoms with E-state index in [1.54, 1.807) is 59.7 Å². The fourth-order valence-corrected chi connectivity index (χ4v) is 4.30. The van der Waals surface area contributed by atoms with Crippen LogP contribution in [0.1, 0.15) is 42.5 Å². The van der Waals surface area contributed by atoms with Crippen LogP contribution < -0.4 is 0 Å². The molecule has 4 aromatic rings. The number of aryl methyl sites for hydroxylation is 2. The van der Waals surface area contributed by atoms with Crippen molar-refractivity contribution in [3.8, 4) is 0 Å². The average Bonchev–Trinajstić information content (AvgIpc) is 3.23. The highest BCUT2D eigenvalue weighted by Gasteiger charge is 2.22. The van der Waals surface area contributed by atoms with Gasteiger partial charge >= 0.3 is 0 Å². The van der Waals surface area contributed by atoms with E-state index in [1.807, 2.05) is 42.6 Å². The zero-order valence-corrected chi connectivity index (χ0v) is 17.4. The van der Waals surface area contributed by atoms with Gasteiger partial charge in [-0.3, -0.25) is 14.0 Å². The van der Waals surface area contributed by atoms with Gasteiger partial charge in [0.05, 0.1) is 23.5 Å². The Bertz CT molecular complexity index is 1210. The SMILES string of the molecule is Cc1cn2c(CN(C)C(=O)c3ccccc3C(=O)c3ccccc3)c(C)nc2s1. The minimum absolute atomic E-state index is 0.153. The first-order chi connectivity index (χ1) is 14.0. The summed E-state index contributed by atoms with van der Waals surface area (Å²) >= 11 is 1.63. The van der Waals surface area contributed by atoms with Crippen molar-refractivity contribution in [2.45, 2.75) is 20.4 Å². The molecule has 0 N–H and O–H groups in total. The molecular formula is C23H21N3O2S.